The SMILES string of the molecule is Cc1cccc(C)c1N1C(=O)C[C@@H](Sc2cccc(N)c2)C1=O. The zero-order chi connectivity index (χ0) is 16.6. The summed E-state index contributed by atoms with van der Waals surface area (Å²) >= 11 is 1.40. The van der Waals surface area contributed by atoms with Gasteiger partial charge >= 0.3 is 0 Å². The number of carbonyl (C=O) groups excluding carboxylic acids is 2. The van der Waals surface area contributed by atoms with Crippen LogP contribution in [0.4, 0.5) is 11.4 Å². The van der Waals surface area contributed by atoms with Crippen molar-refractivity contribution < 1.29 is 9.59 Å². The minimum atomic E-state index is -0.400. The fourth-order valence-corrected chi connectivity index (χ4v) is 3.96. The number of rotatable bonds is 3. The molecule has 3 rings (SSSR count). The second kappa shape index (κ2) is 6.08. The molecule has 2 aromatic carbocycles. The lowest BCUT2D eigenvalue weighted by Crippen LogP contribution is -2.32. The van der Waals surface area contributed by atoms with Gasteiger partial charge in [0.2, 0.25) is 11.8 Å². The molecule has 2 aromatic rings. The molecule has 1 aliphatic heterocycles. The smallest absolute Gasteiger partial charge is 0.247 e. The molecule has 5 heteroatoms. The van der Waals surface area contributed by atoms with E-state index in [0.717, 1.165) is 21.7 Å². The van der Waals surface area contributed by atoms with Crippen LogP contribution in [0.5, 0.6) is 0 Å². The van der Waals surface area contributed by atoms with E-state index in [4.69, 9.17) is 5.73 Å². The zero-order valence-electron chi connectivity index (χ0n) is 13.1. The maximum atomic E-state index is 12.8. The molecule has 2 amide bonds. The Balaban J connectivity index is 1.88. The van der Waals surface area contributed by atoms with Crippen LogP contribution in [0.25, 0.3) is 0 Å². The van der Waals surface area contributed by atoms with Crippen LogP contribution in [0.15, 0.2) is 47.4 Å². The zero-order valence-corrected chi connectivity index (χ0v) is 13.9. The average molecular weight is 326 g/mol. The lowest BCUT2D eigenvalue weighted by Gasteiger charge is -2.19. The molecular weight excluding hydrogens is 308 g/mol. The molecule has 0 aliphatic carbocycles. The molecule has 4 nitrogen and oxygen atoms in total. The van der Waals surface area contributed by atoms with Gasteiger partial charge in [0.15, 0.2) is 0 Å². The number of aryl methyl sites for hydroxylation is 2. The van der Waals surface area contributed by atoms with Crippen molar-refractivity contribution in [2.75, 3.05) is 10.6 Å². The van der Waals surface area contributed by atoms with E-state index in [1.54, 1.807) is 6.07 Å². The number of amides is 2. The van der Waals surface area contributed by atoms with Crippen LogP contribution in [0.2, 0.25) is 0 Å². The Morgan fingerprint density at radius 1 is 1.09 bits per heavy atom. The summed E-state index contributed by atoms with van der Waals surface area (Å²) in [6, 6.07) is 13.1. The first-order valence-electron chi connectivity index (χ1n) is 7.42. The van der Waals surface area contributed by atoms with E-state index in [-0.39, 0.29) is 18.2 Å². The summed E-state index contributed by atoms with van der Waals surface area (Å²) in [5, 5.41) is -0.400. The van der Waals surface area contributed by atoms with E-state index in [9.17, 15) is 9.59 Å². The molecule has 0 radical (unpaired) electrons. The van der Waals surface area contributed by atoms with Gasteiger partial charge in [0, 0.05) is 17.0 Å². The number of carbonyl (C=O) groups is 2. The largest absolute Gasteiger partial charge is 0.399 e. The van der Waals surface area contributed by atoms with Crippen molar-refractivity contribution in [3.05, 3.63) is 53.6 Å². The number of nitrogen functional groups attached to an aromatic ring is 1. The highest BCUT2D eigenvalue weighted by Gasteiger charge is 2.41. The Morgan fingerprint density at radius 3 is 2.39 bits per heavy atom. The summed E-state index contributed by atoms with van der Waals surface area (Å²) in [4.78, 5) is 27.4. The quantitative estimate of drug-likeness (QED) is 0.694. The van der Waals surface area contributed by atoms with Gasteiger partial charge in [-0.25, -0.2) is 4.90 Å². The van der Waals surface area contributed by atoms with Gasteiger partial charge in [0.25, 0.3) is 0 Å². The number of hydrogen-bond acceptors (Lipinski definition) is 4. The van der Waals surface area contributed by atoms with E-state index in [1.165, 1.54) is 16.7 Å². The van der Waals surface area contributed by atoms with Gasteiger partial charge in [-0.3, -0.25) is 9.59 Å². The standard InChI is InChI=1S/C18H18N2O2S/c1-11-5-3-6-12(2)17(11)20-16(21)10-15(18(20)22)23-14-8-4-7-13(19)9-14/h3-9,15H,10,19H2,1-2H3/t15-/m1/s1. The van der Waals surface area contributed by atoms with Gasteiger partial charge in [-0.1, -0.05) is 24.3 Å². The van der Waals surface area contributed by atoms with E-state index in [2.05, 4.69) is 0 Å². The van der Waals surface area contributed by atoms with E-state index >= 15 is 0 Å². The monoisotopic (exact) mass is 326 g/mol. The summed E-state index contributed by atoms with van der Waals surface area (Å²) in [5.74, 6) is -0.298. The molecular formula is C18H18N2O2S. The lowest BCUT2D eigenvalue weighted by atomic mass is 10.1. The molecule has 0 aromatic heterocycles. The summed E-state index contributed by atoms with van der Waals surface area (Å²) in [6.45, 7) is 3.84. The fourth-order valence-electron chi connectivity index (χ4n) is 2.84. The van der Waals surface area contributed by atoms with Crippen LogP contribution in [0, 0.1) is 13.8 Å². The summed E-state index contributed by atoms with van der Waals surface area (Å²) in [6.07, 6.45) is 0.214. The van der Waals surface area contributed by atoms with Gasteiger partial charge in [0.05, 0.1) is 10.9 Å². The van der Waals surface area contributed by atoms with Crippen LogP contribution in [0.3, 0.4) is 0 Å². The van der Waals surface area contributed by atoms with Crippen molar-refractivity contribution in [1.82, 2.24) is 0 Å². The highest BCUT2D eigenvalue weighted by atomic mass is 32.2. The number of nitrogens with zero attached hydrogens (tertiary/aromatic N) is 1. The van der Waals surface area contributed by atoms with Gasteiger partial charge in [-0.05, 0) is 43.2 Å². The Bertz CT molecular complexity index is 768. The van der Waals surface area contributed by atoms with E-state index < -0.39 is 5.25 Å². The first-order chi connectivity index (χ1) is 11.0. The van der Waals surface area contributed by atoms with Crippen molar-refractivity contribution in [3.63, 3.8) is 0 Å². The molecule has 2 N–H and O–H groups in total. The molecule has 1 atom stereocenters. The minimum absolute atomic E-state index is 0.145. The number of hydrogen-bond donors (Lipinski definition) is 1. The summed E-state index contributed by atoms with van der Waals surface area (Å²) < 4.78 is 0. The summed E-state index contributed by atoms with van der Waals surface area (Å²) in [7, 11) is 0. The van der Waals surface area contributed by atoms with Crippen molar-refractivity contribution >= 4 is 35.0 Å². The average Bonchev–Trinajstić information content (AvgIpc) is 2.75. The van der Waals surface area contributed by atoms with Gasteiger partial charge in [-0.2, -0.15) is 0 Å². The molecule has 1 heterocycles. The lowest BCUT2D eigenvalue weighted by molar-refractivity contribution is -0.121. The Hall–Kier alpha value is -2.27. The number of imide groups is 1. The van der Waals surface area contributed by atoms with Crippen molar-refractivity contribution in [2.45, 2.75) is 30.4 Å². The first kappa shape index (κ1) is 15.6. The fraction of sp³-hybridized carbons (Fsp3) is 0.222. The second-order valence-corrected chi connectivity index (χ2v) is 6.97. The number of nitrogens with two attached hydrogens (primary N) is 1. The molecule has 118 valence electrons. The maximum absolute atomic E-state index is 12.8. The van der Waals surface area contributed by atoms with Gasteiger partial charge in [-0.15, -0.1) is 11.8 Å². The van der Waals surface area contributed by atoms with Crippen LogP contribution in [0.1, 0.15) is 17.5 Å². The first-order valence-corrected chi connectivity index (χ1v) is 8.30. The molecule has 23 heavy (non-hydrogen) atoms. The number of anilines is 2. The van der Waals surface area contributed by atoms with Crippen LogP contribution < -0.4 is 10.6 Å². The van der Waals surface area contributed by atoms with Gasteiger partial charge in [0.1, 0.15) is 0 Å². The highest BCUT2D eigenvalue weighted by molar-refractivity contribution is 8.00. The molecule has 0 unspecified atom stereocenters. The normalized spacial score (nSPS) is 17.8. The number of para-hydroxylation sites is 1. The molecule has 0 spiro atoms. The summed E-state index contributed by atoms with van der Waals surface area (Å²) in [5.41, 5.74) is 9.01. The van der Waals surface area contributed by atoms with E-state index in [1.807, 2.05) is 50.2 Å². The molecule has 1 fully saturated rings. The second-order valence-electron chi connectivity index (χ2n) is 5.69. The Labute approximate surface area is 139 Å². The maximum Gasteiger partial charge on any atom is 0.247 e. The Morgan fingerprint density at radius 2 is 1.74 bits per heavy atom. The molecule has 1 aliphatic rings. The number of thioether (sulfide) groups is 1. The molecule has 0 saturated carbocycles. The Kier molecular flexibility index (Phi) is 4.13. The third-order valence-electron chi connectivity index (χ3n) is 3.90. The predicted molar refractivity (Wildman–Crippen MR) is 93.5 cm³/mol. The van der Waals surface area contributed by atoms with E-state index in [0.29, 0.717) is 5.69 Å². The third kappa shape index (κ3) is 2.97. The van der Waals surface area contributed by atoms with Crippen LogP contribution >= 0.6 is 11.8 Å². The minimum Gasteiger partial charge on any atom is -0.399 e. The topological polar surface area (TPSA) is 63.4 Å². The highest BCUT2D eigenvalue weighted by Crippen LogP contribution is 2.36. The van der Waals surface area contributed by atoms with Crippen molar-refractivity contribution in [3.8, 4) is 0 Å². The molecule has 0 bridgehead atoms. The van der Waals surface area contributed by atoms with Crippen LogP contribution in [-0.4, -0.2) is 17.1 Å². The van der Waals surface area contributed by atoms with Crippen molar-refractivity contribution in [1.29, 1.82) is 0 Å². The number of benzene rings is 2. The third-order valence-corrected chi connectivity index (χ3v) is 5.08. The van der Waals surface area contributed by atoms with Gasteiger partial charge < -0.3 is 5.73 Å². The molecule has 1 saturated heterocycles. The predicted octanol–water partition coefficient (Wildman–Crippen LogP) is 3.31. The van der Waals surface area contributed by atoms with Crippen molar-refractivity contribution in [2.24, 2.45) is 0 Å². The van der Waals surface area contributed by atoms with Crippen LogP contribution in [-0.2, 0) is 9.59 Å².